The van der Waals surface area contributed by atoms with E-state index >= 15 is 0 Å². The van der Waals surface area contributed by atoms with Crippen molar-refractivity contribution in [3.63, 3.8) is 0 Å². The van der Waals surface area contributed by atoms with Crippen LogP contribution in [0, 0.1) is 0 Å². The number of rotatable bonds is 3. The fourth-order valence-electron chi connectivity index (χ4n) is 2.15. The molecule has 4 nitrogen and oxygen atoms in total. The number of ketones is 1. The summed E-state index contributed by atoms with van der Waals surface area (Å²) in [6.07, 6.45) is 0. The number of methoxy groups -OCH3 is 1. The summed E-state index contributed by atoms with van der Waals surface area (Å²) in [5, 5.41) is 10.4. The van der Waals surface area contributed by atoms with Gasteiger partial charge in [0.25, 0.3) is 0 Å². The highest BCUT2D eigenvalue weighted by molar-refractivity contribution is 6.08. The molecule has 0 bridgehead atoms. The topological polar surface area (TPSA) is 59.4 Å². The van der Waals surface area contributed by atoms with E-state index in [1.807, 2.05) is 18.2 Å². The Balaban J connectivity index is 2.03. The number of pyridine rings is 1. The first kappa shape index (κ1) is 13.1. The van der Waals surface area contributed by atoms with Crippen molar-refractivity contribution in [2.24, 2.45) is 0 Å². The lowest BCUT2D eigenvalue weighted by molar-refractivity contribution is 0.103. The molecule has 4 heteroatoms. The van der Waals surface area contributed by atoms with Gasteiger partial charge in [-0.15, -0.1) is 0 Å². The fraction of sp³-hybridized carbons (Fsp3) is 0.0588. The number of carbonyl (C=O) groups is 1. The largest absolute Gasteiger partial charge is 0.508 e. The summed E-state index contributed by atoms with van der Waals surface area (Å²) >= 11 is 0. The van der Waals surface area contributed by atoms with E-state index in [1.165, 1.54) is 12.1 Å². The Hall–Kier alpha value is -2.88. The van der Waals surface area contributed by atoms with Crippen molar-refractivity contribution in [3.8, 4) is 11.5 Å². The number of carbonyl (C=O) groups excluding carboxylic acids is 1. The molecule has 0 unspecified atom stereocenters. The van der Waals surface area contributed by atoms with E-state index in [0.717, 1.165) is 16.7 Å². The minimum absolute atomic E-state index is 0.0615. The van der Waals surface area contributed by atoms with Crippen molar-refractivity contribution in [1.29, 1.82) is 0 Å². The highest BCUT2D eigenvalue weighted by atomic mass is 16.5. The maximum absolute atomic E-state index is 12.4. The summed E-state index contributed by atoms with van der Waals surface area (Å²) in [7, 11) is 1.61. The summed E-state index contributed by atoms with van der Waals surface area (Å²) in [5.74, 6) is 0.589. The Morgan fingerprint density at radius 2 is 1.95 bits per heavy atom. The monoisotopic (exact) mass is 279 g/mol. The Morgan fingerprint density at radius 3 is 2.71 bits per heavy atom. The lowest BCUT2D eigenvalue weighted by Crippen LogP contribution is -2.03. The summed E-state index contributed by atoms with van der Waals surface area (Å²) in [5.41, 5.74) is 1.48. The molecule has 21 heavy (non-hydrogen) atoms. The van der Waals surface area contributed by atoms with Crippen LogP contribution in [0.3, 0.4) is 0 Å². The molecule has 0 atom stereocenters. The Morgan fingerprint density at radius 1 is 1.10 bits per heavy atom. The number of aromatic hydroxyl groups is 1. The number of hydrogen-bond donors (Lipinski definition) is 1. The number of fused-ring (bicyclic) bond motifs is 1. The van der Waals surface area contributed by atoms with E-state index in [1.54, 1.807) is 31.4 Å². The van der Waals surface area contributed by atoms with Crippen LogP contribution in [0.5, 0.6) is 11.5 Å². The van der Waals surface area contributed by atoms with Crippen LogP contribution < -0.4 is 4.74 Å². The summed E-state index contributed by atoms with van der Waals surface area (Å²) in [6, 6.07) is 15.2. The standard InChI is InChI=1S/C17H13NO3/c1-21-14-6-8-15-11(10-14)5-7-16(18-15)17(20)12-3-2-4-13(19)9-12/h2-10,19H,1H3. The number of aromatic nitrogens is 1. The van der Waals surface area contributed by atoms with Gasteiger partial charge in [0.05, 0.1) is 12.6 Å². The molecular formula is C17H13NO3. The summed E-state index contributed by atoms with van der Waals surface area (Å²) in [4.78, 5) is 16.7. The van der Waals surface area contributed by atoms with Crippen molar-refractivity contribution in [2.75, 3.05) is 7.11 Å². The second-order valence-electron chi connectivity index (χ2n) is 4.63. The molecule has 0 aliphatic carbocycles. The van der Waals surface area contributed by atoms with E-state index in [0.29, 0.717) is 11.3 Å². The lowest BCUT2D eigenvalue weighted by Gasteiger charge is -2.05. The summed E-state index contributed by atoms with van der Waals surface area (Å²) < 4.78 is 5.16. The number of nitrogens with zero attached hydrogens (tertiary/aromatic N) is 1. The Kier molecular flexibility index (Phi) is 3.28. The van der Waals surface area contributed by atoms with E-state index in [2.05, 4.69) is 4.98 Å². The first-order valence-corrected chi connectivity index (χ1v) is 6.46. The predicted molar refractivity (Wildman–Crippen MR) is 79.8 cm³/mol. The molecule has 0 saturated carbocycles. The number of ether oxygens (including phenoxy) is 1. The van der Waals surface area contributed by atoms with E-state index in [4.69, 9.17) is 4.74 Å². The molecule has 0 amide bonds. The number of phenols is 1. The molecule has 3 aromatic rings. The van der Waals surface area contributed by atoms with Gasteiger partial charge >= 0.3 is 0 Å². The molecule has 1 aromatic heterocycles. The molecule has 0 fully saturated rings. The van der Waals surface area contributed by atoms with E-state index < -0.39 is 0 Å². The van der Waals surface area contributed by atoms with Gasteiger partial charge in [-0.05, 0) is 36.4 Å². The average Bonchev–Trinajstić information content (AvgIpc) is 2.53. The maximum Gasteiger partial charge on any atom is 0.211 e. The van der Waals surface area contributed by atoms with Crippen LogP contribution in [0.1, 0.15) is 16.1 Å². The van der Waals surface area contributed by atoms with Crippen LogP contribution in [-0.2, 0) is 0 Å². The maximum atomic E-state index is 12.4. The number of hydrogen-bond acceptors (Lipinski definition) is 4. The number of phenolic OH excluding ortho intramolecular Hbond substituents is 1. The molecule has 0 aliphatic rings. The number of benzene rings is 2. The van der Waals surface area contributed by atoms with Gasteiger partial charge in [0.1, 0.15) is 17.2 Å². The lowest BCUT2D eigenvalue weighted by atomic mass is 10.1. The SMILES string of the molecule is COc1ccc2nc(C(=O)c3cccc(O)c3)ccc2c1. The van der Waals surface area contributed by atoms with Gasteiger partial charge in [-0.2, -0.15) is 0 Å². The van der Waals surface area contributed by atoms with E-state index in [-0.39, 0.29) is 11.5 Å². The van der Waals surface area contributed by atoms with Crippen LogP contribution in [0.4, 0.5) is 0 Å². The Labute approximate surface area is 121 Å². The quantitative estimate of drug-likeness (QED) is 0.748. The predicted octanol–water partition coefficient (Wildman–Crippen LogP) is 3.18. The molecule has 1 heterocycles. The van der Waals surface area contributed by atoms with E-state index in [9.17, 15) is 9.90 Å². The van der Waals surface area contributed by atoms with Gasteiger partial charge in [0.15, 0.2) is 0 Å². The van der Waals surface area contributed by atoms with Crippen molar-refractivity contribution < 1.29 is 14.6 Å². The zero-order chi connectivity index (χ0) is 14.8. The molecule has 0 aliphatic heterocycles. The molecule has 2 aromatic carbocycles. The molecule has 0 saturated heterocycles. The molecule has 104 valence electrons. The third-order valence-corrected chi connectivity index (χ3v) is 3.24. The van der Waals surface area contributed by atoms with Gasteiger partial charge in [-0.1, -0.05) is 18.2 Å². The minimum atomic E-state index is -0.219. The van der Waals surface area contributed by atoms with Crippen molar-refractivity contribution in [3.05, 3.63) is 65.9 Å². The van der Waals surface area contributed by atoms with Gasteiger partial charge in [-0.3, -0.25) is 4.79 Å². The van der Waals surface area contributed by atoms with Crippen LogP contribution in [0.2, 0.25) is 0 Å². The van der Waals surface area contributed by atoms with Crippen LogP contribution in [0.25, 0.3) is 10.9 Å². The highest BCUT2D eigenvalue weighted by Crippen LogP contribution is 2.21. The first-order chi connectivity index (χ1) is 10.2. The summed E-state index contributed by atoms with van der Waals surface area (Å²) in [6.45, 7) is 0. The molecule has 1 N–H and O–H groups in total. The first-order valence-electron chi connectivity index (χ1n) is 6.46. The van der Waals surface area contributed by atoms with Crippen molar-refractivity contribution >= 4 is 16.7 Å². The minimum Gasteiger partial charge on any atom is -0.508 e. The molecular weight excluding hydrogens is 266 g/mol. The molecule has 0 radical (unpaired) electrons. The normalized spacial score (nSPS) is 10.5. The second-order valence-corrected chi connectivity index (χ2v) is 4.63. The Bertz CT molecular complexity index is 827. The van der Waals surface area contributed by atoms with Crippen molar-refractivity contribution in [1.82, 2.24) is 4.98 Å². The van der Waals surface area contributed by atoms with Gasteiger partial charge < -0.3 is 9.84 Å². The smallest absolute Gasteiger partial charge is 0.211 e. The third-order valence-electron chi connectivity index (χ3n) is 3.24. The van der Waals surface area contributed by atoms with Crippen LogP contribution in [-0.4, -0.2) is 23.0 Å². The average molecular weight is 279 g/mol. The van der Waals surface area contributed by atoms with Crippen molar-refractivity contribution in [2.45, 2.75) is 0 Å². The fourth-order valence-corrected chi connectivity index (χ4v) is 2.15. The zero-order valence-electron chi connectivity index (χ0n) is 11.4. The van der Waals surface area contributed by atoms with Gasteiger partial charge in [0.2, 0.25) is 5.78 Å². The van der Waals surface area contributed by atoms with Crippen LogP contribution in [0.15, 0.2) is 54.6 Å². The molecule has 3 rings (SSSR count). The molecule has 0 spiro atoms. The zero-order valence-corrected chi connectivity index (χ0v) is 11.4. The highest BCUT2D eigenvalue weighted by Gasteiger charge is 2.12. The van der Waals surface area contributed by atoms with Gasteiger partial charge in [0, 0.05) is 10.9 Å². The van der Waals surface area contributed by atoms with Gasteiger partial charge in [-0.25, -0.2) is 4.98 Å². The van der Waals surface area contributed by atoms with Crippen LogP contribution >= 0.6 is 0 Å². The third kappa shape index (κ3) is 2.56. The second kappa shape index (κ2) is 5.25.